The van der Waals surface area contributed by atoms with Gasteiger partial charge in [0.2, 0.25) is 0 Å². The molecule has 0 aromatic heterocycles. The molecule has 0 saturated carbocycles. The fourth-order valence-corrected chi connectivity index (χ4v) is 1.76. The second-order valence-corrected chi connectivity index (χ2v) is 4.35. The molecule has 1 aromatic carbocycles. The normalized spacial score (nSPS) is 14.2. The molecular formula is C15H20. The highest BCUT2D eigenvalue weighted by atomic mass is 14.2. The SMILES string of the molecule is C=CCCC(C)(C=C)Cc1ccccc1. The molecule has 0 aliphatic heterocycles. The van der Waals surface area contributed by atoms with E-state index in [9.17, 15) is 0 Å². The summed E-state index contributed by atoms with van der Waals surface area (Å²) in [4.78, 5) is 0. The highest BCUT2D eigenvalue weighted by Gasteiger charge is 2.19. The summed E-state index contributed by atoms with van der Waals surface area (Å²) in [5, 5.41) is 0. The number of benzene rings is 1. The summed E-state index contributed by atoms with van der Waals surface area (Å²) in [5.74, 6) is 0. The van der Waals surface area contributed by atoms with E-state index < -0.39 is 0 Å². The van der Waals surface area contributed by atoms with Crippen molar-refractivity contribution in [2.24, 2.45) is 5.41 Å². The predicted octanol–water partition coefficient (Wildman–Crippen LogP) is 4.39. The van der Waals surface area contributed by atoms with Crippen LogP contribution in [0.5, 0.6) is 0 Å². The van der Waals surface area contributed by atoms with E-state index in [0.717, 1.165) is 19.3 Å². The summed E-state index contributed by atoms with van der Waals surface area (Å²) < 4.78 is 0. The zero-order valence-corrected chi connectivity index (χ0v) is 9.58. The van der Waals surface area contributed by atoms with Crippen molar-refractivity contribution in [2.45, 2.75) is 26.2 Å². The van der Waals surface area contributed by atoms with Gasteiger partial charge < -0.3 is 0 Å². The zero-order chi connectivity index (χ0) is 11.1. The van der Waals surface area contributed by atoms with Crippen LogP contribution in [0, 0.1) is 5.41 Å². The van der Waals surface area contributed by atoms with Crippen LogP contribution >= 0.6 is 0 Å². The van der Waals surface area contributed by atoms with Crippen molar-refractivity contribution in [3.8, 4) is 0 Å². The van der Waals surface area contributed by atoms with Gasteiger partial charge in [0, 0.05) is 0 Å². The van der Waals surface area contributed by atoms with E-state index in [-0.39, 0.29) is 5.41 Å². The first-order chi connectivity index (χ1) is 7.20. The lowest BCUT2D eigenvalue weighted by molar-refractivity contribution is 0.393. The minimum atomic E-state index is 0.190. The van der Waals surface area contributed by atoms with Crippen LogP contribution in [0.15, 0.2) is 55.6 Å². The average Bonchev–Trinajstić information content (AvgIpc) is 2.28. The molecule has 1 rings (SSSR count). The molecule has 0 heteroatoms. The molecule has 1 unspecified atom stereocenters. The van der Waals surface area contributed by atoms with E-state index in [2.05, 4.69) is 56.5 Å². The van der Waals surface area contributed by atoms with Crippen molar-refractivity contribution in [3.63, 3.8) is 0 Å². The minimum absolute atomic E-state index is 0.190. The van der Waals surface area contributed by atoms with Crippen molar-refractivity contribution in [1.29, 1.82) is 0 Å². The third-order valence-corrected chi connectivity index (χ3v) is 2.86. The maximum Gasteiger partial charge on any atom is -0.0106 e. The van der Waals surface area contributed by atoms with Gasteiger partial charge in [-0.25, -0.2) is 0 Å². The van der Waals surface area contributed by atoms with Crippen LogP contribution in [0.25, 0.3) is 0 Å². The van der Waals surface area contributed by atoms with Gasteiger partial charge in [-0.2, -0.15) is 0 Å². The number of allylic oxidation sites excluding steroid dienone is 2. The molecule has 0 bridgehead atoms. The third kappa shape index (κ3) is 3.75. The summed E-state index contributed by atoms with van der Waals surface area (Å²) in [5.41, 5.74) is 1.57. The molecule has 0 N–H and O–H groups in total. The highest BCUT2D eigenvalue weighted by Crippen LogP contribution is 2.29. The lowest BCUT2D eigenvalue weighted by atomic mass is 9.80. The van der Waals surface area contributed by atoms with Crippen molar-refractivity contribution in [2.75, 3.05) is 0 Å². The van der Waals surface area contributed by atoms with E-state index >= 15 is 0 Å². The molecule has 1 aromatic rings. The third-order valence-electron chi connectivity index (χ3n) is 2.86. The summed E-state index contributed by atoms with van der Waals surface area (Å²) >= 11 is 0. The van der Waals surface area contributed by atoms with Gasteiger partial charge in [0.15, 0.2) is 0 Å². The van der Waals surface area contributed by atoms with Gasteiger partial charge in [0.25, 0.3) is 0 Å². The van der Waals surface area contributed by atoms with Gasteiger partial charge in [-0.3, -0.25) is 0 Å². The lowest BCUT2D eigenvalue weighted by Crippen LogP contribution is -2.16. The summed E-state index contributed by atoms with van der Waals surface area (Å²) in [6.07, 6.45) is 7.28. The Kier molecular flexibility index (Phi) is 4.36. The van der Waals surface area contributed by atoms with Gasteiger partial charge >= 0.3 is 0 Å². The molecule has 15 heavy (non-hydrogen) atoms. The van der Waals surface area contributed by atoms with E-state index in [1.807, 2.05) is 6.08 Å². The van der Waals surface area contributed by atoms with Gasteiger partial charge in [0.05, 0.1) is 0 Å². The van der Waals surface area contributed by atoms with Crippen molar-refractivity contribution in [1.82, 2.24) is 0 Å². The van der Waals surface area contributed by atoms with Crippen molar-refractivity contribution >= 4 is 0 Å². The van der Waals surface area contributed by atoms with Crippen molar-refractivity contribution < 1.29 is 0 Å². The van der Waals surface area contributed by atoms with Gasteiger partial charge in [-0.15, -0.1) is 13.2 Å². The first-order valence-corrected chi connectivity index (χ1v) is 5.48. The number of hydrogen-bond donors (Lipinski definition) is 0. The fourth-order valence-electron chi connectivity index (χ4n) is 1.76. The molecule has 0 saturated heterocycles. The van der Waals surface area contributed by atoms with Crippen LogP contribution in [-0.4, -0.2) is 0 Å². The Hall–Kier alpha value is -1.30. The van der Waals surface area contributed by atoms with Crippen LogP contribution in [0.4, 0.5) is 0 Å². The molecule has 0 fully saturated rings. The zero-order valence-electron chi connectivity index (χ0n) is 9.58. The molecule has 0 aliphatic rings. The Morgan fingerprint density at radius 2 is 1.87 bits per heavy atom. The van der Waals surface area contributed by atoms with Crippen LogP contribution in [0.2, 0.25) is 0 Å². The summed E-state index contributed by atoms with van der Waals surface area (Å²) in [6.45, 7) is 9.98. The predicted molar refractivity (Wildman–Crippen MR) is 67.9 cm³/mol. The molecule has 0 radical (unpaired) electrons. The fraction of sp³-hybridized carbons (Fsp3) is 0.333. The Bertz CT molecular complexity index is 310. The largest absolute Gasteiger partial charge is 0.103 e. The Balaban J connectivity index is 2.67. The molecule has 0 spiro atoms. The summed E-state index contributed by atoms with van der Waals surface area (Å²) in [6, 6.07) is 10.6. The van der Waals surface area contributed by atoms with Crippen molar-refractivity contribution in [3.05, 3.63) is 61.2 Å². The maximum atomic E-state index is 3.95. The second kappa shape index (κ2) is 5.55. The first kappa shape index (κ1) is 11.8. The second-order valence-electron chi connectivity index (χ2n) is 4.35. The molecule has 0 nitrogen and oxygen atoms in total. The monoisotopic (exact) mass is 200 g/mol. The van der Waals surface area contributed by atoms with E-state index in [4.69, 9.17) is 0 Å². The van der Waals surface area contributed by atoms with Crippen LogP contribution < -0.4 is 0 Å². The Morgan fingerprint density at radius 3 is 2.40 bits per heavy atom. The molecular weight excluding hydrogens is 180 g/mol. The van der Waals surface area contributed by atoms with Gasteiger partial charge in [0.1, 0.15) is 0 Å². The molecule has 0 heterocycles. The molecule has 0 amide bonds. The number of hydrogen-bond acceptors (Lipinski definition) is 0. The topological polar surface area (TPSA) is 0 Å². The summed E-state index contributed by atoms with van der Waals surface area (Å²) in [7, 11) is 0. The van der Waals surface area contributed by atoms with Crippen LogP contribution in [0.1, 0.15) is 25.3 Å². The smallest absolute Gasteiger partial charge is 0.0106 e. The molecule has 0 aliphatic carbocycles. The molecule has 1 atom stereocenters. The Morgan fingerprint density at radius 1 is 1.20 bits per heavy atom. The standard InChI is InChI=1S/C15H20/c1-4-6-12-15(3,5-2)13-14-10-8-7-9-11-14/h4-5,7-11H,1-2,6,12-13H2,3H3. The quantitative estimate of drug-likeness (QED) is 0.597. The van der Waals surface area contributed by atoms with E-state index in [1.54, 1.807) is 0 Å². The van der Waals surface area contributed by atoms with Crippen LogP contribution in [0.3, 0.4) is 0 Å². The average molecular weight is 200 g/mol. The van der Waals surface area contributed by atoms with E-state index in [1.165, 1.54) is 5.56 Å². The maximum absolute atomic E-state index is 3.95. The Labute approximate surface area is 93.3 Å². The molecule has 80 valence electrons. The van der Waals surface area contributed by atoms with Gasteiger partial charge in [-0.05, 0) is 30.2 Å². The van der Waals surface area contributed by atoms with Gasteiger partial charge in [-0.1, -0.05) is 49.4 Å². The van der Waals surface area contributed by atoms with Crippen LogP contribution in [-0.2, 0) is 6.42 Å². The van der Waals surface area contributed by atoms with E-state index in [0.29, 0.717) is 0 Å². The lowest BCUT2D eigenvalue weighted by Gasteiger charge is -2.25. The number of rotatable bonds is 6. The minimum Gasteiger partial charge on any atom is -0.103 e. The highest BCUT2D eigenvalue weighted by molar-refractivity contribution is 5.18. The first-order valence-electron chi connectivity index (χ1n) is 5.48.